The van der Waals surface area contributed by atoms with Gasteiger partial charge in [-0.2, -0.15) is 0 Å². The first-order chi connectivity index (χ1) is 8.89. The van der Waals surface area contributed by atoms with Crippen LogP contribution in [0, 0.1) is 11.8 Å². The summed E-state index contributed by atoms with van der Waals surface area (Å²) < 4.78 is 5.60. The van der Waals surface area contributed by atoms with Gasteiger partial charge in [0.2, 0.25) is 5.91 Å². The molecule has 0 bridgehead atoms. The van der Waals surface area contributed by atoms with Crippen molar-refractivity contribution in [3.05, 3.63) is 0 Å². The second kappa shape index (κ2) is 5.49. The predicted molar refractivity (Wildman–Crippen MR) is 69.7 cm³/mol. The smallest absolute Gasteiger partial charge is 0.306 e. The molecule has 2 atom stereocenters. The first-order valence-electron chi connectivity index (χ1n) is 7.04. The van der Waals surface area contributed by atoms with E-state index < -0.39 is 5.97 Å². The molecule has 1 amide bonds. The normalized spacial score (nSPS) is 30.9. The highest BCUT2D eigenvalue weighted by Gasteiger charge is 2.36. The maximum atomic E-state index is 12.5. The minimum Gasteiger partial charge on any atom is -0.481 e. The summed E-state index contributed by atoms with van der Waals surface area (Å²) in [4.78, 5) is 25.4. The monoisotopic (exact) mass is 269 g/mol. The Bertz CT molecular complexity index is 366. The van der Waals surface area contributed by atoms with Crippen molar-refractivity contribution < 1.29 is 19.4 Å². The number of aliphatic carboxylic acids is 1. The highest BCUT2D eigenvalue weighted by atomic mass is 16.5. The van der Waals surface area contributed by atoms with Crippen LogP contribution in [0.5, 0.6) is 0 Å². The minimum atomic E-state index is -0.764. The van der Waals surface area contributed by atoms with E-state index in [4.69, 9.17) is 9.84 Å². The number of hydrogen-bond acceptors (Lipinski definition) is 3. The maximum Gasteiger partial charge on any atom is 0.306 e. The van der Waals surface area contributed by atoms with E-state index in [0.29, 0.717) is 32.5 Å². The van der Waals surface area contributed by atoms with Crippen molar-refractivity contribution in [1.82, 2.24) is 4.90 Å². The Hall–Kier alpha value is -1.10. The van der Waals surface area contributed by atoms with Crippen LogP contribution in [0.4, 0.5) is 0 Å². The summed E-state index contributed by atoms with van der Waals surface area (Å²) in [6.45, 7) is 5.74. The lowest BCUT2D eigenvalue weighted by molar-refractivity contribution is -0.153. The summed E-state index contributed by atoms with van der Waals surface area (Å²) in [6, 6.07) is 0. The van der Waals surface area contributed by atoms with Crippen LogP contribution in [-0.4, -0.2) is 47.2 Å². The van der Waals surface area contributed by atoms with E-state index in [0.717, 1.165) is 12.8 Å². The van der Waals surface area contributed by atoms with E-state index in [-0.39, 0.29) is 23.3 Å². The summed E-state index contributed by atoms with van der Waals surface area (Å²) in [5, 5.41) is 9.09. The molecule has 2 fully saturated rings. The van der Waals surface area contributed by atoms with Gasteiger partial charge >= 0.3 is 5.97 Å². The van der Waals surface area contributed by atoms with E-state index in [9.17, 15) is 9.59 Å². The third-order valence-corrected chi connectivity index (χ3v) is 4.11. The van der Waals surface area contributed by atoms with Crippen LogP contribution in [0.3, 0.4) is 0 Å². The highest BCUT2D eigenvalue weighted by Crippen LogP contribution is 2.31. The molecule has 2 aliphatic rings. The number of hydrogen-bond donors (Lipinski definition) is 1. The number of rotatable bonds is 2. The van der Waals surface area contributed by atoms with Crippen LogP contribution in [-0.2, 0) is 14.3 Å². The predicted octanol–water partition coefficient (Wildman–Crippen LogP) is 1.51. The molecule has 0 aromatic rings. The van der Waals surface area contributed by atoms with Gasteiger partial charge < -0.3 is 14.7 Å². The molecule has 5 nitrogen and oxygen atoms in total. The third kappa shape index (κ3) is 3.47. The number of nitrogens with zero attached hydrogens (tertiary/aromatic N) is 1. The molecule has 1 aliphatic heterocycles. The molecule has 0 spiro atoms. The van der Waals surface area contributed by atoms with Crippen LogP contribution in [0.15, 0.2) is 0 Å². The van der Waals surface area contributed by atoms with Gasteiger partial charge in [0, 0.05) is 19.0 Å². The SMILES string of the molecule is CC1(C)CN(C(=O)C2CCCC(C(=O)O)C2)CCO1. The Balaban J connectivity index is 1.97. The Labute approximate surface area is 113 Å². The number of carbonyl (C=O) groups is 2. The van der Waals surface area contributed by atoms with Gasteiger partial charge in [-0.15, -0.1) is 0 Å². The molecule has 2 rings (SSSR count). The Morgan fingerprint density at radius 1 is 1.26 bits per heavy atom. The molecule has 1 aliphatic carbocycles. The zero-order chi connectivity index (χ0) is 14.0. The van der Waals surface area contributed by atoms with E-state index in [2.05, 4.69) is 0 Å². The van der Waals surface area contributed by atoms with E-state index in [1.165, 1.54) is 0 Å². The van der Waals surface area contributed by atoms with Gasteiger partial charge in [-0.25, -0.2) is 0 Å². The zero-order valence-corrected chi connectivity index (χ0v) is 11.7. The van der Waals surface area contributed by atoms with E-state index in [1.807, 2.05) is 18.7 Å². The molecular formula is C14H23NO4. The van der Waals surface area contributed by atoms with E-state index >= 15 is 0 Å². The van der Waals surface area contributed by atoms with Crippen LogP contribution in [0.1, 0.15) is 39.5 Å². The average molecular weight is 269 g/mol. The Morgan fingerprint density at radius 2 is 1.95 bits per heavy atom. The van der Waals surface area contributed by atoms with Crippen LogP contribution < -0.4 is 0 Å². The Morgan fingerprint density at radius 3 is 2.58 bits per heavy atom. The highest BCUT2D eigenvalue weighted by molar-refractivity contribution is 5.80. The summed E-state index contributed by atoms with van der Waals surface area (Å²) in [5.41, 5.74) is -0.297. The maximum absolute atomic E-state index is 12.5. The van der Waals surface area contributed by atoms with Crippen molar-refractivity contribution in [3.8, 4) is 0 Å². The third-order valence-electron chi connectivity index (χ3n) is 4.11. The molecule has 5 heteroatoms. The summed E-state index contributed by atoms with van der Waals surface area (Å²) in [7, 11) is 0. The summed E-state index contributed by atoms with van der Waals surface area (Å²) >= 11 is 0. The topological polar surface area (TPSA) is 66.8 Å². The molecule has 2 unspecified atom stereocenters. The first kappa shape index (κ1) is 14.3. The molecule has 108 valence electrons. The summed E-state index contributed by atoms with van der Waals surface area (Å²) in [5.74, 6) is -1.12. The van der Waals surface area contributed by atoms with Crippen molar-refractivity contribution in [2.45, 2.75) is 45.1 Å². The molecule has 1 N–H and O–H groups in total. The fourth-order valence-electron chi connectivity index (χ4n) is 3.10. The van der Waals surface area contributed by atoms with Crippen LogP contribution in [0.25, 0.3) is 0 Å². The quantitative estimate of drug-likeness (QED) is 0.825. The zero-order valence-electron chi connectivity index (χ0n) is 11.7. The lowest BCUT2D eigenvalue weighted by atomic mass is 9.80. The molecular weight excluding hydrogens is 246 g/mol. The standard InChI is InChI=1S/C14H23NO4/c1-14(2)9-15(6-7-19-14)12(16)10-4-3-5-11(8-10)13(17)18/h10-11H,3-9H2,1-2H3,(H,17,18). The largest absolute Gasteiger partial charge is 0.481 e. The number of morpholine rings is 1. The Kier molecular flexibility index (Phi) is 4.13. The second-order valence-corrected chi connectivity index (χ2v) is 6.27. The van der Waals surface area contributed by atoms with Crippen LogP contribution in [0.2, 0.25) is 0 Å². The second-order valence-electron chi connectivity index (χ2n) is 6.27. The fraction of sp³-hybridized carbons (Fsp3) is 0.857. The van der Waals surface area contributed by atoms with Gasteiger partial charge in [0.15, 0.2) is 0 Å². The molecule has 19 heavy (non-hydrogen) atoms. The van der Waals surface area contributed by atoms with Crippen LogP contribution >= 0.6 is 0 Å². The van der Waals surface area contributed by atoms with Crippen molar-refractivity contribution in [2.24, 2.45) is 11.8 Å². The average Bonchev–Trinajstić information content (AvgIpc) is 2.37. The fourth-order valence-corrected chi connectivity index (χ4v) is 3.10. The molecule has 0 radical (unpaired) electrons. The molecule has 0 aromatic carbocycles. The minimum absolute atomic E-state index is 0.113. The molecule has 0 aromatic heterocycles. The number of carbonyl (C=O) groups excluding carboxylic acids is 1. The molecule has 1 heterocycles. The van der Waals surface area contributed by atoms with E-state index in [1.54, 1.807) is 0 Å². The van der Waals surface area contributed by atoms with Gasteiger partial charge in [-0.3, -0.25) is 9.59 Å². The number of amides is 1. The molecule has 1 saturated carbocycles. The lowest BCUT2D eigenvalue weighted by Gasteiger charge is -2.40. The number of ether oxygens (including phenoxy) is 1. The first-order valence-corrected chi connectivity index (χ1v) is 7.04. The van der Waals surface area contributed by atoms with Gasteiger partial charge in [-0.05, 0) is 33.1 Å². The van der Waals surface area contributed by atoms with Gasteiger partial charge in [0.05, 0.1) is 18.1 Å². The van der Waals surface area contributed by atoms with Gasteiger partial charge in [0.25, 0.3) is 0 Å². The summed E-state index contributed by atoms with van der Waals surface area (Å²) in [6.07, 6.45) is 2.85. The van der Waals surface area contributed by atoms with Crippen molar-refractivity contribution in [3.63, 3.8) is 0 Å². The van der Waals surface area contributed by atoms with Crippen molar-refractivity contribution >= 4 is 11.9 Å². The van der Waals surface area contributed by atoms with Gasteiger partial charge in [-0.1, -0.05) is 6.42 Å². The van der Waals surface area contributed by atoms with Crippen molar-refractivity contribution in [2.75, 3.05) is 19.7 Å². The number of carboxylic acids is 1. The number of carboxylic acid groups (broad SMARTS) is 1. The van der Waals surface area contributed by atoms with Crippen molar-refractivity contribution in [1.29, 1.82) is 0 Å². The molecule has 1 saturated heterocycles. The van der Waals surface area contributed by atoms with Gasteiger partial charge in [0.1, 0.15) is 0 Å². The lowest BCUT2D eigenvalue weighted by Crippen LogP contribution is -2.52.